The Morgan fingerprint density at radius 1 is 1.53 bits per heavy atom. The third kappa shape index (κ3) is 3.20. The van der Waals surface area contributed by atoms with Crippen LogP contribution in [0.5, 0.6) is 0 Å². The molecule has 1 aliphatic heterocycles. The summed E-state index contributed by atoms with van der Waals surface area (Å²) in [6, 6.07) is 0.264. The fraction of sp³-hybridized carbons (Fsp3) is 0.917. The van der Waals surface area contributed by atoms with Crippen LogP contribution < -0.4 is 0 Å². The van der Waals surface area contributed by atoms with Crippen LogP contribution in [-0.2, 0) is 4.79 Å². The molecule has 1 N–H and O–H groups in total. The van der Waals surface area contributed by atoms with Crippen molar-refractivity contribution >= 4 is 5.97 Å². The van der Waals surface area contributed by atoms with E-state index in [2.05, 4.69) is 18.7 Å². The van der Waals surface area contributed by atoms with E-state index in [1.54, 1.807) is 0 Å². The van der Waals surface area contributed by atoms with Gasteiger partial charge < -0.3 is 5.11 Å². The second-order valence-electron chi connectivity index (χ2n) is 4.44. The van der Waals surface area contributed by atoms with E-state index in [0.717, 1.165) is 32.2 Å². The van der Waals surface area contributed by atoms with Gasteiger partial charge in [0.25, 0.3) is 0 Å². The van der Waals surface area contributed by atoms with Gasteiger partial charge in [0.2, 0.25) is 0 Å². The largest absolute Gasteiger partial charge is 0.480 e. The average molecular weight is 213 g/mol. The highest BCUT2D eigenvalue weighted by Gasteiger charge is 2.34. The van der Waals surface area contributed by atoms with Crippen molar-refractivity contribution in [2.75, 3.05) is 6.54 Å². The van der Waals surface area contributed by atoms with Crippen molar-refractivity contribution in [1.29, 1.82) is 0 Å². The van der Waals surface area contributed by atoms with Crippen molar-refractivity contribution in [2.24, 2.45) is 0 Å². The van der Waals surface area contributed by atoms with Crippen LogP contribution in [-0.4, -0.2) is 34.6 Å². The van der Waals surface area contributed by atoms with Gasteiger partial charge in [0.05, 0.1) is 0 Å². The summed E-state index contributed by atoms with van der Waals surface area (Å²) in [6.07, 6.45) is 6.50. The first kappa shape index (κ1) is 12.5. The predicted molar refractivity (Wildman–Crippen MR) is 61.0 cm³/mol. The summed E-state index contributed by atoms with van der Waals surface area (Å²) in [5.41, 5.74) is 0. The monoisotopic (exact) mass is 213 g/mol. The summed E-state index contributed by atoms with van der Waals surface area (Å²) < 4.78 is 0. The van der Waals surface area contributed by atoms with Gasteiger partial charge in [-0.2, -0.15) is 0 Å². The molecule has 0 aromatic carbocycles. The Morgan fingerprint density at radius 2 is 2.27 bits per heavy atom. The molecule has 0 bridgehead atoms. The molecule has 15 heavy (non-hydrogen) atoms. The van der Waals surface area contributed by atoms with Crippen LogP contribution in [0.3, 0.4) is 0 Å². The molecule has 1 aliphatic rings. The minimum absolute atomic E-state index is 0.216. The zero-order valence-electron chi connectivity index (χ0n) is 9.91. The van der Waals surface area contributed by atoms with E-state index in [1.807, 2.05) is 0 Å². The Balaban J connectivity index is 2.53. The third-order valence-electron chi connectivity index (χ3n) is 3.41. The summed E-state index contributed by atoms with van der Waals surface area (Å²) in [5, 5.41) is 9.11. The molecule has 1 saturated heterocycles. The van der Waals surface area contributed by atoms with E-state index in [9.17, 15) is 4.79 Å². The number of carboxylic acids is 1. The first-order valence-electron chi connectivity index (χ1n) is 6.19. The number of hydrogen-bond acceptors (Lipinski definition) is 2. The Bertz CT molecular complexity index is 206. The molecule has 3 heteroatoms. The fourth-order valence-electron chi connectivity index (χ4n) is 2.54. The number of unbranched alkanes of at least 4 members (excludes halogenated alkanes) is 1. The van der Waals surface area contributed by atoms with Gasteiger partial charge >= 0.3 is 5.97 Å². The van der Waals surface area contributed by atoms with Crippen LogP contribution in [0.4, 0.5) is 0 Å². The summed E-state index contributed by atoms with van der Waals surface area (Å²) in [4.78, 5) is 13.3. The van der Waals surface area contributed by atoms with E-state index >= 15 is 0 Å². The summed E-state index contributed by atoms with van der Waals surface area (Å²) in [7, 11) is 0. The lowest BCUT2D eigenvalue weighted by Crippen LogP contribution is -2.42. The number of aliphatic carboxylic acids is 1. The Morgan fingerprint density at radius 3 is 2.80 bits per heavy atom. The lowest BCUT2D eigenvalue weighted by molar-refractivity contribution is -0.143. The Hall–Kier alpha value is -0.570. The minimum atomic E-state index is -0.637. The number of rotatable bonds is 6. The van der Waals surface area contributed by atoms with Gasteiger partial charge in [0.1, 0.15) is 6.04 Å². The number of likely N-dealkylation sites (tertiary alicyclic amines) is 1. The van der Waals surface area contributed by atoms with Crippen molar-refractivity contribution in [3.63, 3.8) is 0 Å². The van der Waals surface area contributed by atoms with Crippen LogP contribution in [0.25, 0.3) is 0 Å². The summed E-state index contributed by atoms with van der Waals surface area (Å²) in [5.74, 6) is -0.637. The van der Waals surface area contributed by atoms with Crippen LogP contribution in [0.2, 0.25) is 0 Å². The number of carbonyl (C=O) groups is 1. The van der Waals surface area contributed by atoms with Crippen molar-refractivity contribution in [3.05, 3.63) is 0 Å². The highest BCUT2D eigenvalue weighted by Crippen LogP contribution is 2.24. The number of hydrogen-bond donors (Lipinski definition) is 1. The van der Waals surface area contributed by atoms with Crippen molar-refractivity contribution in [3.8, 4) is 0 Å². The molecule has 3 nitrogen and oxygen atoms in total. The molecule has 1 fully saturated rings. The molecule has 2 atom stereocenters. The molecular formula is C12H23NO2. The zero-order chi connectivity index (χ0) is 11.3. The molecule has 0 saturated carbocycles. The molecule has 0 spiro atoms. The van der Waals surface area contributed by atoms with Crippen LogP contribution in [0.15, 0.2) is 0 Å². The first-order valence-corrected chi connectivity index (χ1v) is 6.19. The second kappa shape index (κ2) is 6.11. The molecule has 0 aliphatic carbocycles. The molecule has 1 rings (SSSR count). The van der Waals surface area contributed by atoms with Gasteiger partial charge in [-0.25, -0.2) is 0 Å². The van der Waals surface area contributed by atoms with E-state index in [-0.39, 0.29) is 6.04 Å². The second-order valence-corrected chi connectivity index (χ2v) is 4.44. The van der Waals surface area contributed by atoms with E-state index in [1.165, 1.54) is 12.8 Å². The van der Waals surface area contributed by atoms with Crippen LogP contribution >= 0.6 is 0 Å². The van der Waals surface area contributed by atoms with Crippen LogP contribution in [0.1, 0.15) is 52.4 Å². The maximum atomic E-state index is 11.1. The van der Waals surface area contributed by atoms with E-state index in [0.29, 0.717) is 6.04 Å². The molecule has 88 valence electrons. The SMILES string of the molecule is CCCCC(CC)N1CCCC1C(=O)O. The van der Waals surface area contributed by atoms with Crippen molar-refractivity contribution in [2.45, 2.75) is 64.5 Å². The maximum Gasteiger partial charge on any atom is 0.320 e. The molecular weight excluding hydrogens is 190 g/mol. The van der Waals surface area contributed by atoms with Gasteiger partial charge in [-0.1, -0.05) is 26.7 Å². The number of nitrogens with zero attached hydrogens (tertiary/aromatic N) is 1. The lowest BCUT2D eigenvalue weighted by atomic mass is 10.0. The summed E-state index contributed by atoms with van der Waals surface area (Å²) >= 11 is 0. The smallest absolute Gasteiger partial charge is 0.320 e. The Labute approximate surface area is 92.5 Å². The zero-order valence-corrected chi connectivity index (χ0v) is 9.91. The number of carboxylic acid groups (broad SMARTS) is 1. The maximum absolute atomic E-state index is 11.1. The lowest BCUT2D eigenvalue weighted by Gasteiger charge is -2.30. The molecule has 2 unspecified atom stereocenters. The molecule has 0 aromatic heterocycles. The van der Waals surface area contributed by atoms with Crippen LogP contribution in [0, 0.1) is 0 Å². The van der Waals surface area contributed by atoms with E-state index < -0.39 is 5.97 Å². The molecule has 0 aromatic rings. The van der Waals surface area contributed by atoms with Gasteiger partial charge in [0, 0.05) is 6.04 Å². The van der Waals surface area contributed by atoms with Gasteiger partial charge in [-0.05, 0) is 32.2 Å². The first-order chi connectivity index (χ1) is 7.20. The van der Waals surface area contributed by atoms with Crippen molar-refractivity contribution < 1.29 is 9.90 Å². The van der Waals surface area contributed by atoms with Gasteiger partial charge in [0.15, 0.2) is 0 Å². The minimum Gasteiger partial charge on any atom is -0.480 e. The standard InChI is InChI=1S/C12H23NO2/c1-3-5-7-10(4-2)13-9-6-8-11(13)12(14)15/h10-11H,3-9H2,1-2H3,(H,14,15). The fourth-order valence-corrected chi connectivity index (χ4v) is 2.54. The quantitative estimate of drug-likeness (QED) is 0.737. The van der Waals surface area contributed by atoms with Crippen molar-refractivity contribution in [1.82, 2.24) is 4.90 Å². The summed E-state index contributed by atoms with van der Waals surface area (Å²) in [6.45, 7) is 5.32. The highest BCUT2D eigenvalue weighted by molar-refractivity contribution is 5.73. The van der Waals surface area contributed by atoms with Gasteiger partial charge in [-0.15, -0.1) is 0 Å². The molecule has 1 heterocycles. The Kier molecular flexibility index (Phi) is 5.09. The predicted octanol–water partition coefficient (Wildman–Crippen LogP) is 2.50. The highest BCUT2D eigenvalue weighted by atomic mass is 16.4. The van der Waals surface area contributed by atoms with Gasteiger partial charge in [-0.3, -0.25) is 9.69 Å². The van der Waals surface area contributed by atoms with E-state index in [4.69, 9.17) is 5.11 Å². The average Bonchev–Trinajstić information content (AvgIpc) is 2.68. The third-order valence-corrected chi connectivity index (χ3v) is 3.41. The normalized spacial score (nSPS) is 24.3. The molecule has 0 radical (unpaired) electrons. The topological polar surface area (TPSA) is 40.5 Å². The molecule has 0 amide bonds.